The fraction of sp³-hybridized carbons (Fsp3) is 0.500. The van der Waals surface area contributed by atoms with Gasteiger partial charge in [0.05, 0.1) is 6.10 Å². The van der Waals surface area contributed by atoms with E-state index in [9.17, 15) is 0 Å². The highest BCUT2D eigenvalue weighted by Gasteiger charge is 2.30. The molecule has 16 heavy (non-hydrogen) atoms. The Morgan fingerprint density at radius 1 is 1.56 bits per heavy atom. The van der Waals surface area contributed by atoms with Crippen LogP contribution in [0.25, 0.3) is 0 Å². The van der Waals surface area contributed by atoms with Crippen LogP contribution in [-0.2, 0) is 4.74 Å². The quantitative estimate of drug-likeness (QED) is 0.924. The first-order valence-electron chi connectivity index (χ1n) is 5.43. The lowest BCUT2D eigenvalue weighted by molar-refractivity contribution is 0.0910. The molecule has 0 saturated carbocycles. The summed E-state index contributed by atoms with van der Waals surface area (Å²) in [7, 11) is 1.97. The Kier molecular flexibility index (Phi) is 4.25. The predicted molar refractivity (Wildman–Crippen MR) is 69.9 cm³/mol. The molecule has 2 nitrogen and oxygen atoms in total. The van der Waals surface area contributed by atoms with Crippen LogP contribution < -0.4 is 5.32 Å². The van der Waals surface area contributed by atoms with Crippen molar-refractivity contribution in [2.24, 2.45) is 5.92 Å². The Bertz CT molecular complexity index is 372. The minimum absolute atomic E-state index is 0.123. The topological polar surface area (TPSA) is 21.3 Å². The molecule has 1 N–H and O–H groups in total. The second kappa shape index (κ2) is 5.50. The van der Waals surface area contributed by atoms with Crippen molar-refractivity contribution in [3.05, 3.63) is 33.3 Å². The minimum Gasteiger partial charge on any atom is -0.373 e. The third kappa shape index (κ3) is 2.59. The Hall–Kier alpha value is -0.0900. The van der Waals surface area contributed by atoms with E-state index in [2.05, 4.69) is 27.3 Å². The van der Waals surface area contributed by atoms with Crippen LogP contribution in [0.2, 0.25) is 5.02 Å². The number of ether oxygens (including phenoxy) is 1. The Morgan fingerprint density at radius 3 is 3.12 bits per heavy atom. The summed E-state index contributed by atoms with van der Waals surface area (Å²) in [5.74, 6) is 0.511. The van der Waals surface area contributed by atoms with E-state index in [1.807, 2.05) is 19.2 Å². The molecular formula is C12H15BrClNO. The summed E-state index contributed by atoms with van der Waals surface area (Å²) in [6.07, 6.45) is 1.21. The van der Waals surface area contributed by atoms with Crippen molar-refractivity contribution in [3.8, 4) is 0 Å². The van der Waals surface area contributed by atoms with E-state index < -0.39 is 0 Å². The number of nitrogens with one attached hydrogen (secondary N) is 1. The maximum atomic E-state index is 6.22. The van der Waals surface area contributed by atoms with Gasteiger partial charge in [-0.05, 0) is 31.7 Å². The van der Waals surface area contributed by atoms with E-state index >= 15 is 0 Å². The first-order valence-corrected chi connectivity index (χ1v) is 6.60. The number of halogens is 2. The van der Waals surface area contributed by atoms with Crippen molar-refractivity contribution in [3.63, 3.8) is 0 Å². The number of hydrogen-bond acceptors (Lipinski definition) is 2. The van der Waals surface area contributed by atoms with Crippen LogP contribution in [0, 0.1) is 5.92 Å². The van der Waals surface area contributed by atoms with E-state index in [0.29, 0.717) is 5.92 Å². The molecule has 1 aliphatic heterocycles. The average Bonchev–Trinajstić information content (AvgIpc) is 2.70. The molecule has 0 radical (unpaired) electrons. The summed E-state index contributed by atoms with van der Waals surface area (Å²) in [5, 5.41) is 4.00. The summed E-state index contributed by atoms with van der Waals surface area (Å²) in [5.41, 5.74) is 1.09. The van der Waals surface area contributed by atoms with Gasteiger partial charge < -0.3 is 10.1 Å². The van der Waals surface area contributed by atoms with Crippen molar-refractivity contribution in [1.82, 2.24) is 5.32 Å². The van der Waals surface area contributed by atoms with Crippen LogP contribution >= 0.6 is 27.5 Å². The monoisotopic (exact) mass is 303 g/mol. The molecule has 1 aromatic carbocycles. The summed E-state index contributed by atoms with van der Waals surface area (Å²) in [6, 6.07) is 5.92. The van der Waals surface area contributed by atoms with Gasteiger partial charge in [0, 0.05) is 34.1 Å². The first kappa shape index (κ1) is 12.4. The van der Waals surface area contributed by atoms with E-state index in [1.54, 1.807) is 0 Å². The third-order valence-electron chi connectivity index (χ3n) is 2.95. The molecule has 2 rings (SSSR count). The van der Waals surface area contributed by atoms with Gasteiger partial charge in [0.1, 0.15) is 0 Å². The van der Waals surface area contributed by atoms with Gasteiger partial charge >= 0.3 is 0 Å². The Balaban J connectivity index is 2.25. The highest BCUT2D eigenvalue weighted by molar-refractivity contribution is 9.10. The molecule has 2 unspecified atom stereocenters. The molecule has 1 aromatic rings. The zero-order chi connectivity index (χ0) is 11.5. The third-order valence-corrected chi connectivity index (χ3v) is 3.78. The minimum atomic E-state index is 0.123. The van der Waals surface area contributed by atoms with Gasteiger partial charge in [-0.3, -0.25) is 0 Å². The van der Waals surface area contributed by atoms with Crippen molar-refractivity contribution in [1.29, 1.82) is 0 Å². The zero-order valence-corrected chi connectivity index (χ0v) is 11.5. The van der Waals surface area contributed by atoms with Crippen LogP contribution in [0.15, 0.2) is 22.7 Å². The van der Waals surface area contributed by atoms with Crippen LogP contribution in [0.3, 0.4) is 0 Å². The highest BCUT2D eigenvalue weighted by Crippen LogP contribution is 2.38. The standard InChI is InChI=1S/C12H15BrClNO/c1-15-7-8-4-5-16-12(8)10-6-9(13)2-3-11(10)14/h2-3,6,8,12,15H,4-5,7H2,1H3. The van der Waals surface area contributed by atoms with Gasteiger partial charge in [-0.15, -0.1) is 0 Å². The zero-order valence-electron chi connectivity index (χ0n) is 9.17. The van der Waals surface area contributed by atoms with E-state index in [-0.39, 0.29) is 6.10 Å². The number of rotatable bonds is 3. The molecule has 0 spiro atoms. The molecule has 0 bridgehead atoms. The lowest BCUT2D eigenvalue weighted by atomic mass is 9.95. The number of hydrogen-bond donors (Lipinski definition) is 1. The lowest BCUT2D eigenvalue weighted by Crippen LogP contribution is -2.21. The largest absolute Gasteiger partial charge is 0.373 e. The van der Waals surface area contributed by atoms with Crippen LogP contribution in [0.5, 0.6) is 0 Å². The molecule has 2 atom stereocenters. The number of benzene rings is 1. The first-order chi connectivity index (χ1) is 7.72. The summed E-state index contributed by atoms with van der Waals surface area (Å²) in [4.78, 5) is 0. The molecule has 0 amide bonds. The summed E-state index contributed by atoms with van der Waals surface area (Å²) < 4.78 is 6.84. The second-order valence-corrected chi connectivity index (χ2v) is 5.39. The van der Waals surface area contributed by atoms with Gasteiger partial charge in [0.25, 0.3) is 0 Å². The van der Waals surface area contributed by atoms with Crippen molar-refractivity contribution >= 4 is 27.5 Å². The normalized spacial score (nSPS) is 24.9. The van der Waals surface area contributed by atoms with Gasteiger partial charge in [0.2, 0.25) is 0 Å². The van der Waals surface area contributed by atoms with Crippen molar-refractivity contribution < 1.29 is 4.74 Å². The van der Waals surface area contributed by atoms with Gasteiger partial charge in [-0.2, -0.15) is 0 Å². The fourth-order valence-corrected chi connectivity index (χ4v) is 2.79. The Labute approximate surface area is 109 Å². The molecular weight excluding hydrogens is 289 g/mol. The van der Waals surface area contributed by atoms with E-state index in [1.165, 1.54) is 0 Å². The smallest absolute Gasteiger partial charge is 0.0880 e. The van der Waals surface area contributed by atoms with Gasteiger partial charge in [0.15, 0.2) is 0 Å². The second-order valence-electron chi connectivity index (χ2n) is 4.06. The highest BCUT2D eigenvalue weighted by atomic mass is 79.9. The van der Waals surface area contributed by atoms with Gasteiger partial charge in [-0.25, -0.2) is 0 Å². The summed E-state index contributed by atoms with van der Waals surface area (Å²) >= 11 is 9.69. The average molecular weight is 305 g/mol. The SMILES string of the molecule is CNCC1CCOC1c1cc(Br)ccc1Cl. The molecule has 88 valence electrons. The van der Waals surface area contributed by atoms with Crippen molar-refractivity contribution in [2.75, 3.05) is 20.2 Å². The van der Waals surface area contributed by atoms with E-state index in [0.717, 1.165) is 34.6 Å². The van der Waals surface area contributed by atoms with Crippen LogP contribution in [-0.4, -0.2) is 20.2 Å². The van der Waals surface area contributed by atoms with Gasteiger partial charge in [-0.1, -0.05) is 27.5 Å². The maximum Gasteiger partial charge on any atom is 0.0880 e. The molecule has 1 heterocycles. The van der Waals surface area contributed by atoms with Crippen molar-refractivity contribution in [2.45, 2.75) is 12.5 Å². The Morgan fingerprint density at radius 2 is 2.38 bits per heavy atom. The molecule has 4 heteroatoms. The van der Waals surface area contributed by atoms with Crippen LogP contribution in [0.1, 0.15) is 18.1 Å². The van der Waals surface area contributed by atoms with E-state index in [4.69, 9.17) is 16.3 Å². The maximum absolute atomic E-state index is 6.22. The molecule has 0 aliphatic carbocycles. The molecule has 1 aliphatic rings. The lowest BCUT2D eigenvalue weighted by Gasteiger charge is -2.19. The summed E-state index contributed by atoms with van der Waals surface area (Å²) in [6.45, 7) is 1.79. The molecule has 1 fully saturated rings. The molecule has 1 saturated heterocycles. The fourth-order valence-electron chi connectivity index (χ4n) is 2.18. The molecule has 0 aromatic heterocycles. The predicted octanol–water partition coefficient (Wildman–Crippen LogP) is 3.40. The van der Waals surface area contributed by atoms with Crippen LogP contribution in [0.4, 0.5) is 0 Å².